The first-order valence-electron chi connectivity index (χ1n) is 21.8. The second-order valence-corrected chi connectivity index (χ2v) is 21.4. The predicted molar refractivity (Wildman–Crippen MR) is 226 cm³/mol. The first-order valence-corrected chi connectivity index (χ1v) is 21.8. The van der Waals surface area contributed by atoms with Crippen molar-refractivity contribution in [2.24, 2.45) is 11.8 Å². The van der Waals surface area contributed by atoms with Crippen molar-refractivity contribution in [3.05, 3.63) is 0 Å². The highest BCUT2D eigenvalue weighted by molar-refractivity contribution is 5.48. The maximum Gasteiger partial charge on any atom is 0.232 e. The molecule has 4 rings (SSSR count). The van der Waals surface area contributed by atoms with Gasteiger partial charge >= 0.3 is 0 Å². The molecule has 0 aliphatic carbocycles. The molecule has 4 heterocycles. The molecular weight excluding hydrogens is 657 g/mol. The van der Waals surface area contributed by atoms with Gasteiger partial charge < -0.3 is 30.9 Å². The summed E-state index contributed by atoms with van der Waals surface area (Å²) in [5.41, 5.74) is 0.471. The van der Waals surface area contributed by atoms with E-state index in [-0.39, 0.29) is 39.3 Å². The fraction of sp³-hybridized carbons (Fsp3) is 0.932. The number of piperidine rings is 3. The Morgan fingerprint density at radius 3 is 1.42 bits per heavy atom. The molecule has 9 heteroatoms. The molecule has 0 aromatic carbocycles. The highest BCUT2D eigenvalue weighted by Crippen LogP contribution is 2.42. The summed E-state index contributed by atoms with van der Waals surface area (Å²) in [7, 11) is 0. The van der Waals surface area contributed by atoms with Gasteiger partial charge in [0.05, 0.1) is 6.10 Å². The SMILES string of the molecule is CCCCCCOC1CC(C)(C)N(c2nc(NCCCCC3CC(C)(C)NC(C)(C)C3)nc(NCCCCC3CC(C)(C)NC(C)(C)C3)n2)C(C)(C)C1. The van der Waals surface area contributed by atoms with Gasteiger partial charge in [-0.25, -0.2) is 0 Å². The number of aromatic nitrogens is 3. The Morgan fingerprint density at radius 1 is 0.566 bits per heavy atom. The zero-order valence-corrected chi connectivity index (χ0v) is 36.9. The van der Waals surface area contributed by atoms with Gasteiger partial charge in [0.25, 0.3) is 0 Å². The molecular formula is C44H84N8O. The van der Waals surface area contributed by atoms with Crippen molar-refractivity contribution >= 4 is 17.8 Å². The molecule has 4 N–H and O–H groups in total. The molecule has 3 aliphatic rings. The van der Waals surface area contributed by atoms with E-state index in [0.717, 1.165) is 69.6 Å². The summed E-state index contributed by atoms with van der Waals surface area (Å²) in [6.07, 6.45) is 19.3. The molecule has 3 aliphatic heterocycles. The van der Waals surface area contributed by atoms with Gasteiger partial charge in [0.2, 0.25) is 17.8 Å². The Balaban J connectivity index is 1.40. The molecule has 0 unspecified atom stereocenters. The third-order valence-electron chi connectivity index (χ3n) is 12.0. The van der Waals surface area contributed by atoms with Crippen LogP contribution in [0.2, 0.25) is 0 Å². The number of nitrogens with one attached hydrogen (secondary N) is 4. The molecule has 0 bridgehead atoms. The van der Waals surface area contributed by atoms with Crippen LogP contribution in [0.1, 0.15) is 193 Å². The van der Waals surface area contributed by atoms with E-state index < -0.39 is 0 Å². The molecule has 0 spiro atoms. The van der Waals surface area contributed by atoms with Crippen LogP contribution in [0.5, 0.6) is 0 Å². The fourth-order valence-corrected chi connectivity index (χ4v) is 11.2. The number of nitrogens with zero attached hydrogens (tertiary/aromatic N) is 4. The zero-order chi connectivity index (χ0) is 39.1. The van der Waals surface area contributed by atoms with E-state index in [4.69, 9.17) is 19.7 Å². The normalized spacial score (nSPS) is 23.9. The molecule has 306 valence electrons. The van der Waals surface area contributed by atoms with Crippen LogP contribution in [0.4, 0.5) is 17.8 Å². The van der Waals surface area contributed by atoms with E-state index in [0.29, 0.717) is 11.9 Å². The van der Waals surface area contributed by atoms with Gasteiger partial charge in [0.15, 0.2) is 0 Å². The van der Waals surface area contributed by atoms with Gasteiger partial charge in [-0.1, -0.05) is 51.9 Å². The van der Waals surface area contributed by atoms with Crippen LogP contribution in [-0.2, 0) is 4.74 Å². The lowest BCUT2D eigenvalue weighted by Crippen LogP contribution is -2.63. The number of rotatable bonds is 19. The first kappa shape index (κ1) is 44.0. The molecule has 1 aromatic rings. The number of ether oxygens (including phenoxy) is 1. The summed E-state index contributed by atoms with van der Waals surface area (Å²) in [6.45, 7) is 33.0. The van der Waals surface area contributed by atoms with Crippen LogP contribution in [0.15, 0.2) is 0 Å². The summed E-state index contributed by atoms with van der Waals surface area (Å²) in [5.74, 6) is 3.66. The third-order valence-corrected chi connectivity index (χ3v) is 12.0. The minimum absolute atomic E-state index is 0.168. The Hall–Kier alpha value is -1.71. The summed E-state index contributed by atoms with van der Waals surface area (Å²) in [5, 5.41) is 14.9. The lowest BCUT2D eigenvalue weighted by atomic mass is 9.74. The second-order valence-electron chi connectivity index (χ2n) is 21.4. The average molecular weight is 741 g/mol. The first-order chi connectivity index (χ1) is 24.6. The van der Waals surface area contributed by atoms with E-state index in [9.17, 15) is 0 Å². The van der Waals surface area contributed by atoms with Crippen molar-refractivity contribution in [3.8, 4) is 0 Å². The van der Waals surface area contributed by atoms with E-state index in [1.54, 1.807) is 0 Å². The van der Waals surface area contributed by atoms with Crippen LogP contribution >= 0.6 is 0 Å². The minimum atomic E-state index is -0.168. The lowest BCUT2D eigenvalue weighted by molar-refractivity contribution is -0.00887. The molecule has 0 saturated carbocycles. The van der Waals surface area contributed by atoms with Crippen molar-refractivity contribution in [2.45, 2.75) is 232 Å². The van der Waals surface area contributed by atoms with Crippen LogP contribution in [0, 0.1) is 11.8 Å². The average Bonchev–Trinajstić information content (AvgIpc) is 2.96. The summed E-state index contributed by atoms with van der Waals surface area (Å²) < 4.78 is 6.51. The van der Waals surface area contributed by atoms with E-state index in [1.807, 2.05) is 0 Å². The second kappa shape index (κ2) is 18.0. The number of hydrogen-bond acceptors (Lipinski definition) is 9. The van der Waals surface area contributed by atoms with E-state index in [1.165, 1.54) is 70.6 Å². The standard InChI is InChI=1S/C44H84N8O/c1-14-15-16-21-26-53-35-31-43(10,11)52(44(12,13)32-35)38-48-36(45-24-19-17-22-33-27-39(2,3)50-40(4,5)28-33)47-37(49-38)46-25-20-18-23-34-29-41(6,7)51-42(8,9)30-34/h33-35,50-51H,14-32H2,1-13H3,(H2,45,46,47,48,49). The number of unbranched alkanes of at least 4 members (excludes halogenated alkanes) is 5. The zero-order valence-electron chi connectivity index (χ0n) is 36.9. The fourth-order valence-electron chi connectivity index (χ4n) is 11.2. The van der Waals surface area contributed by atoms with Crippen LogP contribution in [0.3, 0.4) is 0 Å². The van der Waals surface area contributed by atoms with Crippen molar-refractivity contribution in [1.29, 1.82) is 0 Å². The van der Waals surface area contributed by atoms with Crippen molar-refractivity contribution in [1.82, 2.24) is 25.6 Å². The molecule has 3 fully saturated rings. The number of anilines is 3. The molecule has 3 saturated heterocycles. The van der Waals surface area contributed by atoms with Gasteiger partial charge in [-0.15, -0.1) is 0 Å². The third kappa shape index (κ3) is 14.1. The number of hydrogen-bond donors (Lipinski definition) is 4. The largest absolute Gasteiger partial charge is 0.378 e. The Bertz CT molecular complexity index is 1160. The molecule has 53 heavy (non-hydrogen) atoms. The minimum Gasteiger partial charge on any atom is -0.378 e. The lowest BCUT2D eigenvalue weighted by Gasteiger charge is -2.55. The highest BCUT2D eigenvalue weighted by Gasteiger charge is 2.47. The molecule has 9 nitrogen and oxygen atoms in total. The van der Waals surface area contributed by atoms with Gasteiger partial charge in [-0.3, -0.25) is 0 Å². The molecule has 0 amide bonds. The summed E-state index contributed by atoms with van der Waals surface area (Å²) in [4.78, 5) is 17.6. The van der Waals surface area contributed by atoms with Crippen LogP contribution in [-0.4, -0.2) is 74.0 Å². The van der Waals surface area contributed by atoms with Gasteiger partial charge in [0.1, 0.15) is 0 Å². The maximum atomic E-state index is 6.51. The predicted octanol–water partition coefficient (Wildman–Crippen LogP) is 10.3. The smallest absolute Gasteiger partial charge is 0.232 e. The highest BCUT2D eigenvalue weighted by atomic mass is 16.5. The topological polar surface area (TPSA) is 99.3 Å². The Labute approximate surface area is 326 Å². The summed E-state index contributed by atoms with van der Waals surface area (Å²) in [6, 6.07) is 0. The van der Waals surface area contributed by atoms with Gasteiger partial charge in [-0.2, -0.15) is 15.0 Å². The van der Waals surface area contributed by atoms with Crippen LogP contribution < -0.4 is 26.2 Å². The van der Waals surface area contributed by atoms with Crippen LogP contribution in [0.25, 0.3) is 0 Å². The van der Waals surface area contributed by atoms with Crippen molar-refractivity contribution < 1.29 is 4.74 Å². The van der Waals surface area contributed by atoms with Crippen molar-refractivity contribution in [2.75, 3.05) is 35.2 Å². The maximum absolute atomic E-state index is 6.51. The van der Waals surface area contributed by atoms with Gasteiger partial charge in [-0.05, 0) is 153 Å². The van der Waals surface area contributed by atoms with Gasteiger partial charge in [0, 0.05) is 52.9 Å². The monoisotopic (exact) mass is 741 g/mol. The molecule has 0 radical (unpaired) electrons. The van der Waals surface area contributed by atoms with E-state index in [2.05, 4.69) is 116 Å². The summed E-state index contributed by atoms with van der Waals surface area (Å²) >= 11 is 0. The molecule has 0 atom stereocenters. The Kier molecular flexibility index (Phi) is 15.0. The van der Waals surface area contributed by atoms with Crippen molar-refractivity contribution in [3.63, 3.8) is 0 Å². The Morgan fingerprint density at radius 2 is 1.00 bits per heavy atom. The molecule has 1 aromatic heterocycles. The van der Waals surface area contributed by atoms with E-state index >= 15 is 0 Å². The quantitative estimate of drug-likeness (QED) is 0.103.